The summed E-state index contributed by atoms with van der Waals surface area (Å²) in [6.07, 6.45) is 0. The standard InChI is InChI=1S/C7H17Cl3O4P3Si3/c1-7(15(8)11)6-19(4,16(9)12)18(2,3)20(5,14-7)17(10)13/h6H2,1-5H3/q+3. The summed E-state index contributed by atoms with van der Waals surface area (Å²) in [5, 5.41) is -1.14. The van der Waals surface area contributed by atoms with Gasteiger partial charge in [0.05, 0.1) is 6.04 Å². The number of halogens is 3. The molecule has 114 valence electrons. The first-order valence-electron chi connectivity index (χ1n) is 5.84. The van der Waals surface area contributed by atoms with Crippen molar-refractivity contribution in [2.75, 3.05) is 0 Å². The highest BCUT2D eigenvalue weighted by atomic mass is 35.7. The lowest BCUT2D eigenvalue weighted by molar-refractivity contribution is 0.196. The molecule has 0 aliphatic carbocycles. The van der Waals surface area contributed by atoms with Gasteiger partial charge in [-0.2, -0.15) is 0 Å². The van der Waals surface area contributed by atoms with Crippen LogP contribution in [0.3, 0.4) is 0 Å². The van der Waals surface area contributed by atoms with Crippen LogP contribution >= 0.6 is 54.3 Å². The van der Waals surface area contributed by atoms with Gasteiger partial charge in [-0.05, 0) is 17.7 Å². The quantitative estimate of drug-likeness (QED) is 0.381. The average Bonchev–Trinajstić information content (AvgIpc) is 2.25. The molecule has 6 unspecified atom stereocenters. The minimum Gasteiger partial charge on any atom is -0.332 e. The smallest absolute Gasteiger partial charge is 0.332 e. The summed E-state index contributed by atoms with van der Waals surface area (Å²) in [5.74, 6) is 0. The molecule has 1 fully saturated rings. The van der Waals surface area contributed by atoms with E-state index in [4.69, 9.17) is 38.1 Å². The van der Waals surface area contributed by atoms with Gasteiger partial charge in [0.25, 0.3) is 5.34 Å². The van der Waals surface area contributed by atoms with Crippen LogP contribution in [0, 0.1) is 0 Å². The van der Waals surface area contributed by atoms with Crippen molar-refractivity contribution in [1.82, 2.24) is 0 Å². The molecule has 0 N–H and O–H groups in total. The third-order valence-electron chi connectivity index (χ3n) is 4.69. The lowest BCUT2D eigenvalue weighted by atomic mass is 10.5. The van der Waals surface area contributed by atoms with Crippen molar-refractivity contribution >= 4 is 76.1 Å². The van der Waals surface area contributed by atoms with E-state index >= 15 is 0 Å². The maximum absolute atomic E-state index is 12.3. The van der Waals surface area contributed by atoms with Gasteiger partial charge in [-0.15, -0.1) is 0 Å². The zero-order valence-electron chi connectivity index (χ0n) is 11.8. The fraction of sp³-hybridized carbons (Fsp3) is 1.00. The Labute approximate surface area is 138 Å². The zero-order valence-corrected chi connectivity index (χ0v) is 19.8. The second-order valence-electron chi connectivity index (χ2n) is 6.07. The van der Waals surface area contributed by atoms with Gasteiger partial charge >= 0.3 is 35.3 Å². The minimum absolute atomic E-state index is 0.360. The fourth-order valence-corrected chi connectivity index (χ4v) is 78.2. The second kappa shape index (κ2) is 6.01. The van der Waals surface area contributed by atoms with E-state index in [1.807, 2.05) is 19.6 Å². The van der Waals surface area contributed by atoms with Crippen LogP contribution in [0.4, 0.5) is 0 Å². The van der Waals surface area contributed by atoms with Crippen molar-refractivity contribution in [3.8, 4) is 0 Å². The first kappa shape index (κ1) is 19.8. The SMILES string of the molecule is CC1([P+](=O)Cl)C[Si](C)([P+](=O)Cl)[Si](C)(C)[Si](C)([P+](=O)Cl)O1. The molecule has 4 nitrogen and oxygen atoms in total. The average molecular weight is 449 g/mol. The molecular formula is C7H17Cl3O4P3Si3+3. The van der Waals surface area contributed by atoms with Crippen molar-refractivity contribution in [2.45, 2.75) is 44.5 Å². The molecule has 13 heteroatoms. The van der Waals surface area contributed by atoms with E-state index < -0.39 is 47.8 Å². The highest BCUT2D eigenvalue weighted by molar-refractivity contribution is 8.25. The molecule has 6 atom stereocenters. The van der Waals surface area contributed by atoms with Gasteiger partial charge < -0.3 is 4.43 Å². The summed E-state index contributed by atoms with van der Waals surface area (Å²) in [7, 11) is -9.94. The molecule has 1 aliphatic heterocycles. The summed E-state index contributed by atoms with van der Waals surface area (Å²) in [6.45, 7) is 5.33. The Bertz CT molecular complexity index is 475. The van der Waals surface area contributed by atoms with Crippen LogP contribution in [0.1, 0.15) is 6.92 Å². The van der Waals surface area contributed by atoms with Crippen LogP contribution in [0.2, 0.25) is 32.2 Å². The van der Waals surface area contributed by atoms with Gasteiger partial charge in [-0.3, -0.25) is 0 Å². The summed E-state index contributed by atoms with van der Waals surface area (Å²) in [6, 6.07) is 0.360. The lowest BCUT2D eigenvalue weighted by Crippen LogP contribution is -2.76. The Morgan fingerprint density at radius 2 is 1.45 bits per heavy atom. The van der Waals surface area contributed by atoms with Gasteiger partial charge in [0, 0.05) is 6.92 Å². The lowest BCUT2D eigenvalue weighted by Gasteiger charge is -2.42. The van der Waals surface area contributed by atoms with Crippen LogP contribution in [0.25, 0.3) is 0 Å². The number of hydrogen-bond donors (Lipinski definition) is 0. The predicted octanol–water partition coefficient (Wildman–Crippen LogP) is 6.19. The summed E-state index contributed by atoms with van der Waals surface area (Å²) < 4.78 is 42.4. The molecule has 0 aromatic heterocycles. The molecule has 1 saturated heterocycles. The summed E-state index contributed by atoms with van der Waals surface area (Å²) in [5.41, 5.74) is 0. The minimum atomic E-state index is -2.90. The molecule has 1 aliphatic rings. The molecular weight excluding hydrogens is 432 g/mol. The van der Waals surface area contributed by atoms with E-state index in [1.165, 1.54) is 0 Å². The molecule has 20 heavy (non-hydrogen) atoms. The normalized spacial score (nSPS) is 42.9. The van der Waals surface area contributed by atoms with Gasteiger partial charge in [0.1, 0.15) is 0 Å². The van der Waals surface area contributed by atoms with Crippen molar-refractivity contribution in [1.29, 1.82) is 0 Å². The molecule has 1 heterocycles. The topological polar surface area (TPSA) is 60.4 Å². The van der Waals surface area contributed by atoms with Crippen LogP contribution in [-0.2, 0) is 18.1 Å². The molecule has 0 radical (unpaired) electrons. The Hall–Kier alpha value is 1.78. The van der Waals surface area contributed by atoms with E-state index in [0.29, 0.717) is 6.04 Å². The van der Waals surface area contributed by atoms with Crippen LogP contribution in [-0.4, -0.2) is 27.2 Å². The van der Waals surface area contributed by atoms with Gasteiger partial charge in [0.2, 0.25) is 11.2 Å². The van der Waals surface area contributed by atoms with Gasteiger partial charge in [-0.1, -0.05) is 22.2 Å². The predicted molar refractivity (Wildman–Crippen MR) is 95.4 cm³/mol. The Morgan fingerprint density at radius 1 is 1.00 bits per heavy atom. The molecule has 0 aromatic rings. The highest BCUT2D eigenvalue weighted by Crippen LogP contribution is 2.66. The Kier molecular flexibility index (Phi) is 5.96. The maximum Gasteiger partial charge on any atom is 0.488 e. The second-order valence-corrected chi connectivity index (χ2v) is 46.9. The third-order valence-corrected chi connectivity index (χ3v) is 72.4. The molecule has 0 aromatic carbocycles. The number of rotatable bonds is 3. The van der Waals surface area contributed by atoms with Gasteiger partial charge in [-0.25, -0.2) is 0 Å². The first-order chi connectivity index (χ1) is 8.74. The summed E-state index contributed by atoms with van der Waals surface area (Å²) >= 11 is 17.8. The van der Waals surface area contributed by atoms with Crippen LogP contribution in [0.5, 0.6) is 0 Å². The Morgan fingerprint density at radius 3 is 1.75 bits per heavy atom. The molecule has 0 bridgehead atoms. The van der Waals surface area contributed by atoms with Crippen molar-refractivity contribution in [3.63, 3.8) is 0 Å². The maximum atomic E-state index is 12.3. The Balaban J connectivity index is 3.60. The zero-order chi connectivity index (χ0) is 16.1. The molecule has 0 amide bonds. The molecule has 0 saturated carbocycles. The van der Waals surface area contributed by atoms with E-state index in [1.54, 1.807) is 13.5 Å². The van der Waals surface area contributed by atoms with E-state index in [9.17, 15) is 13.7 Å². The highest BCUT2D eigenvalue weighted by Gasteiger charge is 2.87. The third kappa shape index (κ3) is 2.82. The van der Waals surface area contributed by atoms with Gasteiger partial charge in [0.15, 0.2) is 29.6 Å². The summed E-state index contributed by atoms with van der Waals surface area (Å²) in [4.78, 5) is 0. The largest absolute Gasteiger partial charge is 0.488 e. The van der Waals surface area contributed by atoms with E-state index in [2.05, 4.69) is 0 Å². The number of hydrogen-bond acceptors (Lipinski definition) is 4. The van der Waals surface area contributed by atoms with Crippen molar-refractivity contribution in [2.24, 2.45) is 0 Å². The monoisotopic (exact) mass is 447 g/mol. The first-order valence-corrected chi connectivity index (χ1v) is 24.1. The molecule has 0 spiro atoms. The molecule has 1 rings (SSSR count). The van der Waals surface area contributed by atoms with Crippen LogP contribution in [0.15, 0.2) is 0 Å². The van der Waals surface area contributed by atoms with Crippen molar-refractivity contribution < 1.29 is 18.1 Å². The van der Waals surface area contributed by atoms with Crippen molar-refractivity contribution in [3.05, 3.63) is 0 Å². The van der Waals surface area contributed by atoms with E-state index in [0.717, 1.165) is 0 Å². The van der Waals surface area contributed by atoms with E-state index in [-0.39, 0.29) is 0 Å². The fourth-order valence-electron chi connectivity index (χ4n) is 2.59. The van der Waals surface area contributed by atoms with Crippen LogP contribution < -0.4 is 0 Å².